The van der Waals surface area contributed by atoms with E-state index in [2.05, 4.69) is 9.71 Å². The first-order valence-corrected chi connectivity index (χ1v) is 9.53. The van der Waals surface area contributed by atoms with E-state index in [9.17, 15) is 13.2 Å². The number of benzene rings is 2. The van der Waals surface area contributed by atoms with Crippen LogP contribution in [0.1, 0.15) is 29.8 Å². The van der Waals surface area contributed by atoms with E-state index in [1.54, 1.807) is 0 Å². The first kappa shape index (κ1) is 17.4. The Bertz CT molecular complexity index is 1000. The van der Waals surface area contributed by atoms with Crippen LogP contribution in [0.15, 0.2) is 59.6 Å². The lowest BCUT2D eigenvalue weighted by molar-refractivity contribution is 0.101. The van der Waals surface area contributed by atoms with Crippen molar-refractivity contribution in [3.05, 3.63) is 65.9 Å². The molecule has 0 bridgehead atoms. The monoisotopic (exact) mass is 356 g/mol. The number of aromatic nitrogens is 1. The van der Waals surface area contributed by atoms with E-state index < -0.39 is 10.0 Å². The number of nitrogens with one attached hydrogen (secondary N) is 2. The smallest absolute Gasteiger partial charge is 0.240 e. The maximum absolute atomic E-state index is 12.5. The van der Waals surface area contributed by atoms with Crippen LogP contribution in [0, 0.1) is 0 Å². The van der Waals surface area contributed by atoms with Crippen molar-refractivity contribution < 1.29 is 13.2 Å². The van der Waals surface area contributed by atoms with Gasteiger partial charge < -0.3 is 4.98 Å². The van der Waals surface area contributed by atoms with Gasteiger partial charge in [-0.25, -0.2) is 13.1 Å². The second-order valence-electron chi connectivity index (χ2n) is 6.17. The van der Waals surface area contributed by atoms with Crippen molar-refractivity contribution in [2.45, 2.75) is 31.2 Å². The summed E-state index contributed by atoms with van der Waals surface area (Å²) in [6.07, 6.45) is 2.49. The highest BCUT2D eigenvalue weighted by molar-refractivity contribution is 7.89. The van der Waals surface area contributed by atoms with Gasteiger partial charge in [0.15, 0.2) is 5.78 Å². The Kier molecular flexibility index (Phi) is 4.74. The Morgan fingerprint density at radius 3 is 2.48 bits per heavy atom. The lowest BCUT2D eigenvalue weighted by Crippen LogP contribution is -2.34. The van der Waals surface area contributed by atoms with E-state index in [0.29, 0.717) is 12.0 Å². The number of Topliss-reactive ketones (excluding diaryl/α,β-unsaturated/α-hetero) is 1. The number of fused-ring (bicyclic) bond motifs is 1. The zero-order chi connectivity index (χ0) is 18.0. The second-order valence-corrected chi connectivity index (χ2v) is 7.88. The molecule has 6 heteroatoms. The molecule has 0 spiro atoms. The third-order valence-electron chi connectivity index (χ3n) is 4.13. The molecular weight excluding hydrogens is 336 g/mol. The van der Waals surface area contributed by atoms with Crippen LogP contribution in [0.5, 0.6) is 0 Å². The van der Waals surface area contributed by atoms with Gasteiger partial charge in [-0.15, -0.1) is 0 Å². The van der Waals surface area contributed by atoms with Crippen molar-refractivity contribution in [3.63, 3.8) is 0 Å². The predicted octanol–water partition coefficient (Wildman–Crippen LogP) is 3.28. The molecule has 1 unspecified atom stereocenters. The topological polar surface area (TPSA) is 79.0 Å². The van der Waals surface area contributed by atoms with Crippen molar-refractivity contribution >= 4 is 26.7 Å². The van der Waals surface area contributed by atoms with E-state index in [-0.39, 0.29) is 16.7 Å². The van der Waals surface area contributed by atoms with Gasteiger partial charge in [0.2, 0.25) is 10.0 Å². The van der Waals surface area contributed by atoms with Gasteiger partial charge in [-0.2, -0.15) is 0 Å². The minimum absolute atomic E-state index is 0.0930. The summed E-state index contributed by atoms with van der Waals surface area (Å²) in [6.45, 7) is 3.29. The Hall–Kier alpha value is -2.44. The van der Waals surface area contributed by atoms with Crippen LogP contribution in [-0.2, 0) is 16.4 Å². The fourth-order valence-electron chi connectivity index (χ4n) is 2.87. The van der Waals surface area contributed by atoms with Crippen LogP contribution in [-0.4, -0.2) is 25.2 Å². The molecule has 0 saturated heterocycles. The molecule has 2 aromatic carbocycles. The van der Waals surface area contributed by atoms with Crippen LogP contribution in [0.3, 0.4) is 0 Å². The largest absolute Gasteiger partial charge is 0.361 e. The minimum atomic E-state index is -3.63. The molecule has 0 aliphatic rings. The van der Waals surface area contributed by atoms with Gasteiger partial charge in [0, 0.05) is 28.7 Å². The number of aromatic amines is 1. The number of ketones is 1. The van der Waals surface area contributed by atoms with Gasteiger partial charge in [0.05, 0.1) is 4.90 Å². The lowest BCUT2D eigenvalue weighted by atomic mass is 10.1. The maximum atomic E-state index is 12.5. The highest BCUT2D eigenvalue weighted by atomic mass is 32.2. The fourth-order valence-corrected chi connectivity index (χ4v) is 4.12. The Morgan fingerprint density at radius 2 is 1.80 bits per heavy atom. The Balaban J connectivity index is 1.75. The molecule has 130 valence electrons. The predicted molar refractivity (Wildman–Crippen MR) is 98.2 cm³/mol. The quantitative estimate of drug-likeness (QED) is 0.665. The van der Waals surface area contributed by atoms with Gasteiger partial charge >= 0.3 is 0 Å². The molecule has 1 aromatic heterocycles. The van der Waals surface area contributed by atoms with E-state index in [1.807, 2.05) is 37.4 Å². The summed E-state index contributed by atoms with van der Waals surface area (Å²) in [7, 11) is -3.63. The van der Waals surface area contributed by atoms with E-state index >= 15 is 0 Å². The highest BCUT2D eigenvalue weighted by Crippen LogP contribution is 2.20. The number of para-hydroxylation sites is 1. The summed E-state index contributed by atoms with van der Waals surface area (Å²) in [4.78, 5) is 14.7. The van der Waals surface area contributed by atoms with Gasteiger partial charge in [0.25, 0.3) is 0 Å². The number of carbonyl (C=O) groups excluding carboxylic acids is 1. The van der Waals surface area contributed by atoms with Gasteiger partial charge in [-0.1, -0.05) is 30.3 Å². The summed E-state index contributed by atoms with van der Waals surface area (Å²) in [5.41, 5.74) is 2.59. The third kappa shape index (κ3) is 3.81. The standard InChI is InChI=1S/C19H20N2O3S/c1-13(11-16-12-20-19-6-4-3-5-18(16)19)21-25(23,24)17-9-7-15(8-10-17)14(2)22/h3-10,12-13,20-21H,11H2,1-2H3. The molecule has 0 aliphatic heterocycles. The van der Waals surface area contributed by atoms with Crippen molar-refractivity contribution in [2.75, 3.05) is 0 Å². The molecular formula is C19H20N2O3S. The number of rotatable bonds is 6. The van der Waals surface area contributed by atoms with Gasteiger partial charge in [-0.3, -0.25) is 4.79 Å². The van der Waals surface area contributed by atoms with Crippen LogP contribution in [0.4, 0.5) is 0 Å². The number of H-pyrrole nitrogens is 1. The minimum Gasteiger partial charge on any atom is -0.361 e. The Morgan fingerprint density at radius 1 is 1.12 bits per heavy atom. The van der Waals surface area contributed by atoms with E-state index in [1.165, 1.54) is 31.2 Å². The molecule has 3 rings (SSSR count). The zero-order valence-electron chi connectivity index (χ0n) is 14.1. The molecule has 25 heavy (non-hydrogen) atoms. The van der Waals surface area contributed by atoms with Crippen molar-refractivity contribution in [2.24, 2.45) is 0 Å². The Labute approximate surface area is 147 Å². The van der Waals surface area contributed by atoms with Gasteiger partial charge in [0.1, 0.15) is 0 Å². The molecule has 5 nitrogen and oxygen atoms in total. The molecule has 0 amide bonds. The fraction of sp³-hybridized carbons (Fsp3) is 0.211. The number of hydrogen-bond acceptors (Lipinski definition) is 3. The second kappa shape index (κ2) is 6.82. The summed E-state index contributed by atoms with van der Waals surface area (Å²) in [6, 6.07) is 13.6. The summed E-state index contributed by atoms with van der Waals surface area (Å²) in [5, 5.41) is 1.10. The van der Waals surface area contributed by atoms with Crippen LogP contribution in [0.25, 0.3) is 10.9 Å². The van der Waals surface area contributed by atoms with Gasteiger partial charge in [-0.05, 0) is 44.0 Å². The van der Waals surface area contributed by atoms with E-state index in [4.69, 9.17) is 0 Å². The molecule has 0 aliphatic carbocycles. The number of carbonyl (C=O) groups is 1. The van der Waals surface area contributed by atoms with Crippen molar-refractivity contribution in [1.29, 1.82) is 0 Å². The van der Waals surface area contributed by atoms with Crippen molar-refractivity contribution in [3.8, 4) is 0 Å². The molecule has 0 saturated carbocycles. The van der Waals surface area contributed by atoms with E-state index in [0.717, 1.165) is 16.5 Å². The third-order valence-corrected chi connectivity index (χ3v) is 5.73. The zero-order valence-corrected chi connectivity index (χ0v) is 14.9. The molecule has 3 aromatic rings. The first-order valence-electron chi connectivity index (χ1n) is 8.05. The summed E-state index contributed by atoms with van der Waals surface area (Å²) in [5.74, 6) is -0.0930. The van der Waals surface area contributed by atoms with Crippen LogP contribution in [0.2, 0.25) is 0 Å². The molecule has 0 radical (unpaired) electrons. The average Bonchev–Trinajstić information content (AvgIpc) is 2.97. The first-order chi connectivity index (χ1) is 11.9. The summed E-state index contributed by atoms with van der Waals surface area (Å²) >= 11 is 0. The normalized spacial score (nSPS) is 13.0. The summed E-state index contributed by atoms with van der Waals surface area (Å²) < 4.78 is 27.7. The number of hydrogen-bond donors (Lipinski definition) is 2. The molecule has 1 heterocycles. The lowest BCUT2D eigenvalue weighted by Gasteiger charge is -2.14. The molecule has 0 fully saturated rings. The number of sulfonamides is 1. The molecule has 2 N–H and O–H groups in total. The van der Waals surface area contributed by atoms with Crippen LogP contribution < -0.4 is 4.72 Å². The average molecular weight is 356 g/mol. The highest BCUT2D eigenvalue weighted by Gasteiger charge is 2.18. The molecule has 1 atom stereocenters. The SMILES string of the molecule is CC(=O)c1ccc(S(=O)(=O)NC(C)Cc2c[nH]c3ccccc23)cc1. The van der Waals surface area contributed by atoms with Crippen LogP contribution >= 0.6 is 0 Å². The van der Waals surface area contributed by atoms with Crippen molar-refractivity contribution in [1.82, 2.24) is 9.71 Å². The maximum Gasteiger partial charge on any atom is 0.240 e.